The summed E-state index contributed by atoms with van der Waals surface area (Å²) in [7, 11) is 0. The van der Waals surface area contributed by atoms with Crippen molar-refractivity contribution in [2.75, 3.05) is 11.9 Å². The zero-order valence-electron chi connectivity index (χ0n) is 11.8. The first-order chi connectivity index (χ1) is 10.5. The lowest BCUT2D eigenvalue weighted by molar-refractivity contribution is -0.141. The number of nitrogens with one attached hydrogen (secondary N) is 1. The number of furan rings is 1. The molecule has 0 spiro atoms. The van der Waals surface area contributed by atoms with Crippen molar-refractivity contribution in [3.8, 4) is 0 Å². The summed E-state index contributed by atoms with van der Waals surface area (Å²) < 4.78 is 11.3. The maximum absolute atomic E-state index is 11.1. The van der Waals surface area contributed by atoms with Gasteiger partial charge in [-0.15, -0.1) is 0 Å². The van der Waals surface area contributed by atoms with Gasteiger partial charge in [-0.3, -0.25) is 4.79 Å². The molecular formula is C15H15BrClNO4. The number of esters is 1. The van der Waals surface area contributed by atoms with E-state index in [-0.39, 0.29) is 19.2 Å². The highest BCUT2D eigenvalue weighted by Crippen LogP contribution is 2.30. The highest BCUT2D eigenvalue weighted by molar-refractivity contribution is 9.10. The molecule has 5 nitrogen and oxygen atoms in total. The first-order valence-corrected chi connectivity index (χ1v) is 7.70. The number of carbonyl (C=O) groups excluding carboxylic acids is 1. The maximum Gasteiger partial charge on any atom is 0.302 e. The molecule has 2 N–H and O–H groups in total. The molecule has 1 atom stereocenters. The molecule has 0 fully saturated rings. The minimum absolute atomic E-state index is 0.0834. The maximum atomic E-state index is 11.1. The zero-order valence-corrected chi connectivity index (χ0v) is 14.1. The second kappa shape index (κ2) is 7.67. The quantitative estimate of drug-likeness (QED) is 0.734. The average Bonchev–Trinajstić information content (AvgIpc) is 2.94. The van der Waals surface area contributed by atoms with Crippen molar-refractivity contribution < 1.29 is 19.1 Å². The third-order valence-corrected chi connectivity index (χ3v) is 3.72. The van der Waals surface area contributed by atoms with Crippen LogP contribution < -0.4 is 5.32 Å². The lowest BCUT2D eigenvalue weighted by Crippen LogP contribution is -2.18. The molecule has 2 aromatic rings. The summed E-state index contributed by atoms with van der Waals surface area (Å²) in [6, 6.07) is 6.70. The second-order valence-electron chi connectivity index (χ2n) is 4.64. The number of rotatable bonds is 6. The summed E-state index contributed by atoms with van der Waals surface area (Å²) in [6.45, 7) is 1.30. The molecular weight excluding hydrogens is 374 g/mol. The van der Waals surface area contributed by atoms with Gasteiger partial charge in [0.05, 0.1) is 23.6 Å². The van der Waals surface area contributed by atoms with E-state index in [1.165, 1.54) is 13.2 Å². The molecule has 1 unspecified atom stereocenters. The summed E-state index contributed by atoms with van der Waals surface area (Å²) in [5.41, 5.74) is 1.33. The SMILES string of the molecule is CC(=O)OCC(Nc1ccc(Br)cc1Cl)c1cc(CO)co1. The third kappa shape index (κ3) is 4.50. The van der Waals surface area contributed by atoms with Crippen LogP contribution in [0, 0.1) is 0 Å². The highest BCUT2D eigenvalue weighted by Gasteiger charge is 2.18. The Labute approximate surface area is 141 Å². The van der Waals surface area contributed by atoms with E-state index in [9.17, 15) is 4.79 Å². The van der Waals surface area contributed by atoms with E-state index in [2.05, 4.69) is 21.2 Å². The zero-order chi connectivity index (χ0) is 16.1. The Morgan fingerprint density at radius 2 is 2.27 bits per heavy atom. The Bertz CT molecular complexity index is 659. The molecule has 2 rings (SSSR count). The van der Waals surface area contributed by atoms with Gasteiger partial charge in [-0.05, 0) is 24.3 Å². The van der Waals surface area contributed by atoms with Gasteiger partial charge < -0.3 is 19.6 Å². The Hall–Kier alpha value is -1.50. The molecule has 7 heteroatoms. The molecule has 0 aliphatic carbocycles. The van der Waals surface area contributed by atoms with Gasteiger partial charge in [0.2, 0.25) is 0 Å². The van der Waals surface area contributed by atoms with E-state index in [0.29, 0.717) is 22.0 Å². The van der Waals surface area contributed by atoms with Crippen LogP contribution >= 0.6 is 27.5 Å². The van der Waals surface area contributed by atoms with Crippen molar-refractivity contribution in [2.45, 2.75) is 19.6 Å². The molecule has 1 aromatic carbocycles. The summed E-state index contributed by atoms with van der Waals surface area (Å²) in [5, 5.41) is 12.8. The second-order valence-corrected chi connectivity index (χ2v) is 5.96. The van der Waals surface area contributed by atoms with Crippen LogP contribution in [-0.4, -0.2) is 17.7 Å². The van der Waals surface area contributed by atoms with Crippen LogP contribution in [0.5, 0.6) is 0 Å². The topological polar surface area (TPSA) is 71.7 Å². The Morgan fingerprint density at radius 1 is 1.50 bits per heavy atom. The van der Waals surface area contributed by atoms with Crippen LogP contribution in [0.25, 0.3) is 0 Å². The number of aliphatic hydroxyl groups is 1. The molecule has 0 radical (unpaired) electrons. The lowest BCUT2D eigenvalue weighted by atomic mass is 10.2. The van der Waals surface area contributed by atoms with Gasteiger partial charge in [-0.2, -0.15) is 0 Å². The van der Waals surface area contributed by atoms with Gasteiger partial charge >= 0.3 is 5.97 Å². The summed E-state index contributed by atoms with van der Waals surface area (Å²) >= 11 is 9.53. The van der Waals surface area contributed by atoms with Gasteiger partial charge in [0.25, 0.3) is 0 Å². The molecule has 118 valence electrons. The van der Waals surface area contributed by atoms with Gasteiger partial charge in [0, 0.05) is 17.0 Å². The smallest absolute Gasteiger partial charge is 0.302 e. The first kappa shape index (κ1) is 16.9. The lowest BCUT2D eigenvalue weighted by Gasteiger charge is -2.18. The molecule has 22 heavy (non-hydrogen) atoms. The number of carbonyl (C=O) groups is 1. The molecule has 0 saturated carbocycles. The molecule has 0 aliphatic heterocycles. The van der Waals surface area contributed by atoms with Gasteiger partial charge in [-0.25, -0.2) is 0 Å². The van der Waals surface area contributed by atoms with Crippen LogP contribution in [0.3, 0.4) is 0 Å². The Kier molecular flexibility index (Phi) is 5.88. The Balaban J connectivity index is 2.21. The van der Waals surface area contributed by atoms with Gasteiger partial charge in [-0.1, -0.05) is 27.5 Å². The van der Waals surface area contributed by atoms with Crippen LogP contribution in [0.2, 0.25) is 5.02 Å². The Morgan fingerprint density at radius 3 is 2.86 bits per heavy atom. The van der Waals surface area contributed by atoms with E-state index in [1.54, 1.807) is 12.1 Å². The number of ether oxygens (including phenoxy) is 1. The average molecular weight is 389 g/mol. The van der Waals surface area contributed by atoms with E-state index in [4.69, 9.17) is 25.9 Å². The number of hydrogen-bond acceptors (Lipinski definition) is 5. The van der Waals surface area contributed by atoms with Crippen molar-refractivity contribution >= 4 is 39.2 Å². The van der Waals surface area contributed by atoms with Crippen molar-refractivity contribution in [1.82, 2.24) is 0 Å². The van der Waals surface area contributed by atoms with Crippen molar-refractivity contribution in [2.24, 2.45) is 0 Å². The van der Waals surface area contributed by atoms with Crippen LogP contribution in [0.4, 0.5) is 5.69 Å². The number of aliphatic hydroxyl groups excluding tert-OH is 1. The fourth-order valence-corrected chi connectivity index (χ4v) is 2.58. The molecule has 0 saturated heterocycles. The monoisotopic (exact) mass is 387 g/mol. The van der Waals surface area contributed by atoms with Crippen molar-refractivity contribution in [3.05, 3.63) is 51.3 Å². The molecule has 1 aromatic heterocycles. The van der Waals surface area contributed by atoms with Crippen LogP contribution in [-0.2, 0) is 16.1 Å². The minimum atomic E-state index is -0.414. The summed E-state index contributed by atoms with van der Waals surface area (Å²) in [4.78, 5) is 11.1. The number of hydrogen-bond donors (Lipinski definition) is 2. The van der Waals surface area contributed by atoms with Crippen molar-refractivity contribution in [1.29, 1.82) is 0 Å². The van der Waals surface area contributed by atoms with Crippen molar-refractivity contribution in [3.63, 3.8) is 0 Å². The fraction of sp³-hybridized carbons (Fsp3) is 0.267. The van der Waals surface area contributed by atoms with Gasteiger partial charge in [0.1, 0.15) is 18.4 Å². The predicted molar refractivity (Wildman–Crippen MR) is 86.8 cm³/mol. The molecule has 1 heterocycles. The van der Waals surface area contributed by atoms with E-state index in [1.807, 2.05) is 12.1 Å². The third-order valence-electron chi connectivity index (χ3n) is 2.91. The largest absolute Gasteiger partial charge is 0.467 e. The van der Waals surface area contributed by atoms with Crippen LogP contribution in [0.15, 0.2) is 39.4 Å². The molecule has 0 aliphatic rings. The number of anilines is 1. The highest BCUT2D eigenvalue weighted by atomic mass is 79.9. The molecule has 0 amide bonds. The minimum Gasteiger partial charge on any atom is -0.467 e. The fourth-order valence-electron chi connectivity index (χ4n) is 1.85. The predicted octanol–water partition coefficient (Wildman–Crippen LogP) is 3.90. The van der Waals surface area contributed by atoms with Gasteiger partial charge in [0.15, 0.2) is 0 Å². The first-order valence-electron chi connectivity index (χ1n) is 6.52. The van der Waals surface area contributed by atoms with E-state index in [0.717, 1.165) is 4.47 Å². The van der Waals surface area contributed by atoms with Crippen LogP contribution in [0.1, 0.15) is 24.3 Å². The summed E-state index contributed by atoms with van der Waals surface area (Å²) in [6.07, 6.45) is 1.46. The van der Waals surface area contributed by atoms with E-state index < -0.39 is 6.04 Å². The number of benzene rings is 1. The standard InChI is InChI=1S/C15H15BrClNO4/c1-9(20)21-8-14(15-4-10(6-19)7-22-15)18-13-3-2-11(16)5-12(13)17/h2-5,7,14,18-19H,6,8H2,1H3. The normalized spacial score (nSPS) is 12.0. The summed E-state index contributed by atoms with van der Waals surface area (Å²) in [5.74, 6) is 0.159. The van der Waals surface area contributed by atoms with E-state index >= 15 is 0 Å². The molecule has 0 bridgehead atoms. The number of halogens is 2.